The fourth-order valence-corrected chi connectivity index (χ4v) is 2.32. The fourth-order valence-electron chi connectivity index (χ4n) is 2.32. The van der Waals surface area contributed by atoms with Gasteiger partial charge in [-0.05, 0) is 42.7 Å². The Kier molecular flexibility index (Phi) is 6.73. The molecular weight excluding hydrogens is 305 g/mol. The van der Waals surface area contributed by atoms with Crippen molar-refractivity contribution >= 4 is 11.6 Å². The van der Waals surface area contributed by atoms with E-state index in [4.69, 9.17) is 0 Å². The second kappa shape index (κ2) is 9.01. The van der Waals surface area contributed by atoms with Gasteiger partial charge in [0.1, 0.15) is 11.5 Å². The van der Waals surface area contributed by atoms with E-state index in [1.165, 1.54) is 12.1 Å². The first-order valence-electron chi connectivity index (χ1n) is 8.30. The molecule has 0 saturated heterocycles. The van der Waals surface area contributed by atoms with Crippen molar-refractivity contribution in [1.82, 2.24) is 9.88 Å². The number of unbranched alkanes of at least 4 members (excludes halogenated alkanes) is 1. The molecule has 1 N–H and O–H groups in total. The van der Waals surface area contributed by atoms with Gasteiger partial charge in [0, 0.05) is 20.1 Å². The largest absolute Gasteiger partial charge is 0.383 e. The monoisotopic (exact) mass is 329 g/mol. The summed E-state index contributed by atoms with van der Waals surface area (Å²) in [6.45, 7) is 3.56. The molecule has 0 bridgehead atoms. The Hall–Kier alpha value is -2.43. The standard InChI is InChI=1S/C19H24FN3O/c1-3-4-13-23(2)19(24)18-10-9-17(14-22-18)21-12-11-15-5-7-16(20)8-6-15/h5-10,14,21H,3-4,11-13H2,1-2H3. The summed E-state index contributed by atoms with van der Waals surface area (Å²) in [7, 11) is 1.80. The van der Waals surface area contributed by atoms with Crippen molar-refractivity contribution in [1.29, 1.82) is 0 Å². The van der Waals surface area contributed by atoms with Crippen LogP contribution in [0.25, 0.3) is 0 Å². The molecule has 1 heterocycles. The lowest BCUT2D eigenvalue weighted by molar-refractivity contribution is 0.0787. The van der Waals surface area contributed by atoms with Gasteiger partial charge < -0.3 is 10.2 Å². The van der Waals surface area contributed by atoms with Gasteiger partial charge in [0.2, 0.25) is 0 Å². The van der Waals surface area contributed by atoms with E-state index in [1.54, 1.807) is 36.3 Å². The molecular formula is C19H24FN3O. The number of anilines is 1. The quantitative estimate of drug-likeness (QED) is 0.802. The highest BCUT2D eigenvalue weighted by Gasteiger charge is 2.12. The van der Waals surface area contributed by atoms with Crippen LogP contribution in [0.3, 0.4) is 0 Å². The Labute approximate surface area is 142 Å². The topological polar surface area (TPSA) is 45.2 Å². The van der Waals surface area contributed by atoms with Crippen molar-refractivity contribution in [3.63, 3.8) is 0 Å². The third kappa shape index (κ3) is 5.33. The van der Waals surface area contributed by atoms with Crippen molar-refractivity contribution in [2.75, 3.05) is 25.5 Å². The Balaban J connectivity index is 1.83. The molecule has 2 rings (SSSR count). The number of pyridine rings is 1. The molecule has 0 aliphatic rings. The molecule has 0 spiro atoms. The zero-order chi connectivity index (χ0) is 17.4. The number of benzene rings is 1. The van der Waals surface area contributed by atoms with Crippen LogP contribution in [0.4, 0.5) is 10.1 Å². The molecule has 1 aromatic carbocycles. The third-order valence-electron chi connectivity index (χ3n) is 3.83. The van der Waals surface area contributed by atoms with Crippen LogP contribution in [0.1, 0.15) is 35.8 Å². The van der Waals surface area contributed by atoms with E-state index in [2.05, 4.69) is 17.2 Å². The molecule has 0 aliphatic carbocycles. The lowest BCUT2D eigenvalue weighted by Gasteiger charge is -2.16. The number of nitrogens with one attached hydrogen (secondary N) is 1. The minimum Gasteiger partial charge on any atom is -0.383 e. The van der Waals surface area contributed by atoms with Gasteiger partial charge >= 0.3 is 0 Å². The van der Waals surface area contributed by atoms with Crippen LogP contribution >= 0.6 is 0 Å². The van der Waals surface area contributed by atoms with Crippen LogP contribution in [0.15, 0.2) is 42.6 Å². The number of hydrogen-bond donors (Lipinski definition) is 1. The van der Waals surface area contributed by atoms with Crippen molar-refractivity contribution in [3.05, 3.63) is 59.7 Å². The Bertz CT molecular complexity index is 641. The van der Waals surface area contributed by atoms with Crippen LogP contribution in [-0.4, -0.2) is 35.9 Å². The van der Waals surface area contributed by atoms with Gasteiger partial charge in [-0.1, -0.05) is 25.5 Å². The Morgan fingerprint density at radius 2 is 1.96 bits per heavy atom. The number of amides is 1. The van der Waals surface area contributed by atoms with Crippen LogP contribution < -0.4 is 5.32 Å². The van der Waals surface area contributed by atoms with Crippen molar-refractivity contribution in [2.24, 2.45) is 0 Å². The molecule has 1 aromatic heterocycles. The molecule has 24 heavy (non-hydrogen) atoms. The summed E-state index contributed by atoms with van der Waals surface area (Å²) in [6.07, 6.45) is 4.51. The van der Waals surface area contributed by atoms with Gasteiger partial charge in [0.05, 0.1) is 11.9 Å². The average Bonchev–Trinajstić information content (AvgIpc) is 2.61. The summed E-state index contributed by atoms with van der Waals surface area (Å²) >= 11 is 0. The predicted octanol–water partition coefficient (Wildman–Crippen LogP) is 3.75. The maximum atomic E-state index is 12.8. The van der Waals surface area contributed by atoms with E-state index in [-0.39, 0.29) is 11.7 Å². The molecule has 0 aliphatic heterocycles. The maximum Gasteiger partial charge on any atom is 0.272 e. The van der Waals surface area contributed by atoms with Gasteiger partial charge in [0.25, 0.3) is 5.91 Å². The van der Waals surface area contributed by atoms with Gasteiger partial charge in [-0.25, -0.2) is 9.37 Å². The summed E-state index contributed by atoms with van der Waals surface area (Å²) in [6, 6.07) is 10.1. The minimum absolute atomic E-state index is 0.0543. The molecule has 0 radical (unpaired) electrons. The summed E-state index contributed by atoms with van der Waals surface area (Å²) in [5.74, 6) is -0.276. The number of carbonyl (C=O) groups excluding carboxylic acids is 1. The first-order chi connectivity index (χ1) is 11.6. The van der Waals surface area contributed by atoms with E-state index in [0.717, 1.165) is 43.6 Å². The SMILES string of the molecule is CCCCN(C)C(=O)c1ccc(NCCc2ccc(F)cc2)cn1. The molecule has 0 saturated carbocycles. The van der Waals surface area contributed by atoms with Crippen LogP contribution in [0.2, 0.25) is 0 Å². The highest BCUT2D eigenvalue weighted by atomic mass is 19.1. The lowest BCUT2D eigenvalue weighted by atomic mass is 10.1. The second-order valence-electron chi connectivity index (χ2n) is 5.82. The van der Waals surface area contributed by atoms with Crippen LogP contribution in [0.5, 0.6) is 0 Å². The van der Waals surface area contributed by atoms with E-state index in [0.29, 0.717) is 5.69 Å². The molecule has 5 heteroatoms. The number of halogens is 1. The van der Waals surface area contributed by atoms with Crippen molar-refractivity contribution < 1.29 is 9.18 Å². The summed E-state index contributed by atoms with van der Waals surface area (Å²) in [4.78, 5) is 18.1. The number of hydrogen-bond acceptors (Lipinski definition) is 3. The zero-order valence-electron chi connectivity index (χ0n) is 14.3. The van der Waals surface area contributed by atoms with Gasteiger partial charge in [-0.3, -0.25) is 4.79 Å². The number of rotatable bonds is 8. The van der Waals surface area contributed by atoms with E-state index < -0.39 is 0 Å². The Morgan fingerprint density at radius 1 is 1.21 bits per heavy atom. The molecule has 4 nitrogen and oxygen atoms in total. The minimum atomic E-state index is -0.222. The molecule has 0 fully saturated rings. The maximum absolute atomic E-state index is 12.8. The summed E-state index contributed by atoms with van der Waals surface area (Å²) in [5.41, 5.74) is 2.39. The highest BCUT2D eigenvalue weighted by Crippen LogP contribution is 2.09. The van der Waals surface area contributed by atoms with Crippen molar-refractivity contribution in [3.8, 4) is 0 Å². The lowest BCUT2D eigenvalue weighted by Crippen LogP contribution is -2.28. The second-order valence-corrected chi connectivity index (χ2v) is 5.82. The van der Waals surface area contributed by atoms with Crippen LogP contribution in [-0.2, 0) is 6.42 Å². The fraction of sp³-hybridized carbons (Fsp3) is 0.368. The summed E-state index contributed by atoms with van der Waals surface area (Å²) in [5, 5.41) is 3.26. The smallest absolute Gasteiger partial charge is 0.272 e. The number of carbonyl (C=O) groups is 1. The van der Waals surface area contributed by atoms with E-state index >= 15 is 0 Å². The molecule has 1 amide bonds. The van der Waals surface area contributed by atoms with E-state index in [1.807, 2.05) is 6.07 Å². The average molecular weight is 329 g/mol. The van der Waals surface area contributed by atoms with E-state index in [9.17, 15) is 9.18 Å². The third-order valence-corrected chi connectivity index (χ3v) is 3.83. The van der Waals surface area contributed by atoms with Crippen molar-refractivity contribution in [2.45, 2.75) is 26.2 Å². The molecule has 0 atom stereocenters. The first kappa shape index (κ1) is 17.9. The molecule has 128 valence electrons. The van der Waals surface area contributed by atoms with Gasteiger partial charge in [0.15, 0.2) is 0 Å². The zero-order valence-corrected chi connectivity index (χ0v) is 14.3. The van der Waals surface area contributed by atoms with Gasteiger partial charge in [-0.2, -0.15) is 0 Å². The number of aromatic nitrogens is 1. The number of nitrogens with zero attached hydrogens (tertiary/aromatic N) is 2. The summed E-state index contributed by atoms with van der Waals surface area (Å²) < 4.78 is 12.8. The predicted molar refractivity (Wildman–Crippen MR) is 94.7 cm³/mol. The normalized spacial score (nSPS) is 10.5. The molecule has 2 aromatic rings. The highest BCUT2D eigenvalue weighted by molar-refractivity contribution is 5.92. The first-order valence-corrected chi connectivity index (χ1v) is 8.30. The molecule has 0 unspecified atom stereocenters. The van der Waals surface area contributed by atoms with Crippen LogP contribution in [0, 0.1) is 5.82 Å². The van der Waals surface area contributed by atoms with Gasteiger partial charge in [-0.15, -0.1) is 0 Å². The Morgan fingerprint density at radius 3 is 2.58 bits per heavy atom.